The van der Waals surface area contributed by atoms with Gasteiger partial charge >= 0.3 is 5.97 Å². The van der Waals surface area contributed by atoms with Crippen LogP contribution in [0.15, 0.2) is 6.07 Å². The molecule has 0 saturated carbocycles. The summed E-state index contributed by atoms with van der Waals surface area (Å²) in [5.74, 6) is -2.88. The first-order valence-corrected chi connectivity index (χ1v) is 3.62. The van der Waals surface area contributed by atoms with Crippen LogP contribution in [0, 0.1) is 12.9 Å². The number of carboxylic acids is 1. The Morgan fingerprint density at radius 2 is 2.14 bits per heavy atom. The maximum absolute atomic E-state index is 12.8. The Morgan fingerprint density at radius 1 is 1.57 bits per heavy atom. The van der Waals surface area contributed by atoms with Crippen molar-refractivity contribution in [2.45, 2.75) is 13.3 Å². The van der Waals surface area contributed by atoms with E-state index in [2.05, 4.69) is 4.98 Å². The van der Waals surface area contributed by atoms with Gasteiger partial charge in [0.2, 0.25) is 5.95 Å². The quantitative estimate of drug-likeness (QED) is 0.752. The average Bonchev–Trinajstić information content (AvgIpc) is 2.07. The van der Waals surface area contributed by atoms with Gasteiger partial charge in [0.1, 0.15) is 0 Å². The molecule has 0 aliphatic carbocycles. The van der Waals surface area contributed by atoms with E-state index in [1.54, 1.807) is 0 Å². The fourth-order valence-corrected chi connectivity index (χ4v) is 0.982. The highest BCUT2D eigenvalue weighted by Crippen LogP contribution is 2.22. The molecule has 0 aliphatic heterocycles. The molecule has 1 aromatic heterocycles. The van der Waals surface area contributed by atoms with Gasteiger partial charge in [0.05, 0.1) is 5.56 Å². The summed E-state index contributed by atoms with van der Waals surface area (Å²) in [6.45, 7) is 1.28. The molecule has 3 nitrogen and oxygen atoms in total. The van der Waals surface area contributed by atoms with Gasteiger partial charge in [-0.2, -0.15) is 4.39 Å². The van der Waals surface area contributed by atoms with Gasteiger partial charge in [0.25, 0.3) is 6.43 Å². The van der Waals surface area contributed by atoms with Crippen LogP contribution in [-0.2, 0) is 0 Å². The van der Waals surface area contributed by atoms with E-state index in [4.69, 9.17) is 5.11 Å². The van der Waals surface area contributed by atoms with E-state index >= 15 is 0 Å². The van der Waals surface area contributed by atoms with Gasteiger partial charge in [0, 0.05) is 0 Å². The lowest BCUT2D eigenvalue weighted by Crippen LogP contribution is -2.07. The molecule has 0 aliphatic rings. The number of halogens is 3. The van der Waals surface area contributed by atoms with Gasteiger partial charge in [-0.05, 0) is 18.6 Å². The van der Waals surface area contributed by atoms with Crippen molar-refractivity contribution in [3.8, 4) is 0 Å². The minimum atomic E-state index is -3.00. The lowest BCUT2D eigenvalue weighted by Gasteiger charge is -2.04. The van der Waals surface area contributed by atoms with Crippen molar-refractivity contribution in [2.24, 2.45) is 0 Å². The number of nitrogens with zero attached hydrogens (tertiary/aromatic N) is 1. The predicted octanol–water partition coefficient (Wildman–Crippen LogP) is 2.16. The molecule has 0 aromatic carbocycles. The summed E-state index contributed by atoms with van der Waals surface area (Å²) in [7, 11) is 0. The third-order valence-corrected chi connectivity index (χ3v) is 1.63. The molecule has 0 atom stereocenters. The number of pyridine rings is 1. The minimum absolute atomic E-state index is 0.00852. The summed E-state index contributed by atoms with van der Waals surface area (Å²) in [5, 5.41) is 8.50. The van der Waals surface area contributed by atoms with Crippen molar-refractivity contribution < 1.29 is 23.1 Å². The number of carbonyl (C=O) groups is 1. The molecule has 6 heteroatoms. The van der Waals surface area contributed by atoms with Crippen LogP contribution in [0.1, 0.15) is 28.0 Å². The van der Waals surface area contributed by atoms with E-state index in [0.717, 1.165) is 6.07 Å². The third kappa shape index (κ3) is 1.84. The van der Waals surface area contributed by atoms with E-state index in [1.807, 2.05) is 0 Å². The summed E-state index contributed by atoms with van der Waals surface area (Å²) in [6, 6.07) is 0.788. The number of carboxylic acid groups (broad SMARTS) is 1. The Bertz CT molecular complexity index is 379. The van der Waals surface area contributed by atoms with Crippen molar-refractivity contribution in [1.29, 1.82) is 0 Å². The average molecular weight is 205 g/mol. The van der Waals surface area contributed by atoms with E-state index in [1.165, 1.54) is 6.92 Å². The maximum atomic E-state index is 12.8. The molecular formula is C8H6F3NO2. The Hall–Kier alpha value is -1.59. The van der Waals surface area contributed by atoms with Gasteiger partial charge < -0.3 is 5.11 Å². The standard InChI is InChI=1S/C8H6F3NO2/c1-3-2-4(6(9)10)7(11)12-5(3)8(13)14/h2,6H,1H3,(H,13,14). The molecule has 76 valence electrons. The SMILES string of the molecule is Cc1cc(C(F)F)c(F)nc1C(=O)O. The Balaban J connectivity index is 3.31. The van der Waals surface area contributed by atoms with Crippen LogP contribution in [0.3, 0.4) is 0 Å². The van der Waals surface area contributed by atoms with Crippen LogP contribution < -0.4 is 0 Å². The first-order valence-electron chi connectivity index (χ1n) is 3.62. The third-order valence-electron chi connectivity index (χ3n) is 1.63. The lowest BCUT2D eigenvalue weighted by molar-refractivity contribution is 0.0686. The van der Waals surface area contributed by atoms with E-state index in [9.17, 15) is 18.0 Å². The number of rotatable bonds is 2. The van der Waals surface area contributed by atoms with Gasteiger partial charge in [-0.1, -0.05) is 0 Å². The number of aryl methyl sites for hydroxylation is 1. The second-order valence-electron chi connectivity index (χ2n) is 2.64. The van der Waals surface area contributed by atoms with Crippen molar-refractivity contribution >= 4 is 5.97 Å². The second-order valence-corrected chi connectivity index (χ2v) is 2.64. The zero-order chi connectivity index (χ0) is 10.9. The molecule has 0 bridgehead atoms. The zero-order valence-electron chi connectivity index (χ0n) is 7.09. The van der Waals surface area contributed by atoms with Crippen molar-refractivity contribution in [3.05, 3.63) is 28.8 Å². The molecular weight excluding hydrogens is 199 g/mol. The molecule has 14 heavy (non-hydrogen) atoms. The van der Waals surface area contributed by atoms with E-state index < -0.39 is 29.6 Å². The minimum Gasteiger partial charge on any atom is -0.477 e. The molecule has 0 unspecified atom stereocenters. The summed E-state index contributed by atoms with van der Waals surface area (Å²) in [4.78, 5) is 13.4. The normalized spacial score (nSPS) is 10.6. The number of alkyl halides is 2. The van der Waals surface area contributed by atoms with Crippen LogP contribution in [0.4, 0.5) is 13.2 Å². The molecule has 0 radical (unpaired) electrons. The molecule has 0 amide bonds. The first kappa shape index (κ1) is 10.5. The second kappa shape index (κ2) is 3.65. The van der Waals surface area contributed by atoms with E-state index in [-0.39, 0.29) is 5.56 Å². The summed E-state index contributed by atoms with van der Waals surface area (Å²) in [5.41, 5.74) is -1.42. The lowest BCUT2D eigenvalue weighted by atomic mass is 10.1. The van der Waals surface area contributed by atoms with Crippen LogP contribution in [0.5, 0.6) is 0 Å². The molecule has 1 heterocycles. The van der Waals surface area contributed by atoms with Crippen LogP contribution in [-0.4, -0.2) is 16.1 Å². The van der Waals surface area contributed by atoms with Gasteiger partial charge in [0.15, 0.2) is 5.69 Å². The fourth-order valence-electron chi connectivity index (χ4n) is 0.982. The highest BCUT2D eigenvalue weighted by atomic mass is 19.3. The van der Waals surface area contributed by atoms with Gasteiger partial charge in [-0.25, -0.2) is 18.6 Å². The predicted molar refractivity (Wildman–Crippen MR) is 40.8 cm³/mol. The van der Waals surface area contributed by atoms with Gasteiger partial charge in [-0.3, -0.25) is 0 Å². The van der Waals surface area contributed by atoms with Crippen LogP contribution in [0.25, 0.3) is 0 Å². The molecule has 1 aromatic rings. The smallest absolute Gasteiger partial charge is 0.354 e. The van der Waals surface area contributed by atoms with Crippen LogP contribution >= 0.6 is 0 Å². The topological polar surface area (TPSA) is 50.2 Å². The largest absolute Gasteiger partial charge is 0.477 e. The Morgan fingerprint density at radius 3 is 2.57 bits per heavy atom. The number of aromatic carboxylic acids is 1. The Labute approximate surface area is 77.2 Å². The molecule has 1 rings (SSSR count). The number of hydrogen-bond donors (Lipinski definition) is 1. The van der Waals surface area contributed by atoms with Crippen molar-refractivity contribution in [3.63, 3.8) is 0 Å². The maximum Gasteiger partial charge on any atom is 0.354 e. The fraction of sp³-hybridized carbons (Fsp3) is 0.250. The summed E-state index contributed by atoms with van der Waals surface area (Å²) >= 11 is 0. The van der Waals surface area contributed by atoms with Crippen molar-refractivity contribution in [1.82, 2.24) is 4.98 Å². The van der Waals surface area contributed by atoms with E-state index in [0.29, 0.717) is 0 Å². The van der Waals surface area contributed by atoms with Crippen molar-refractivity contribution in [2.75, 3.05) is 0 Å². The first-order chi connectivity index (χ1) is 6.43. The molecule has 0 spiro atoms. The van der Waals surface area contributed by atoms with Gasteiger partial charge in [-0.15, -0.1) is 0 Å². The van der Waals surface area contributed by atoms with Crippen LogP contribution in [0.2, 0.25) is 0 Å². The zero-order valence-corrected chi connectivity index (χ0v) is 7.09. The molecule has 0 saturated heterocycles. The highest BCUT2D eigenvalue weighted by Gasteiger charge is 2.19. The number of hydrogen-bond acceptors (Lipinski definition) is 2. The molecule has 0 fully saturated rings. The Kier molecular flexibility index (Phi) is 2.73. The highest BCUT2D eigenvalue weighted by molar-refractivity contribution is 5.86. The molecule has 1 N–H and O–H groups in total. The number of aromatic nitrogens is 1. The summed E-state index contributed by atoms with van der Waals surface area (Å²) in [6.07, 6.45) is -3.00. The summed E-state index contributed by atoms with van der Waals surface area (Å²) < 4.78 is 37.0. The monoisotopic (exact) mass is 205 g/mol.